The van der Waals surface area contributed by atoms with Crippen LogP contribution in [0, 0.1) is 5.92 Å². The number of guanidine groups is 1. The van der Waals surface area contributed by atoms with Gasteiger partial charge in [0.15, 0.2) is 5.96 Å². The lowest BCUT2D eigenvalue weighted by atomic mass is 10.0. The van der Waals surface area contributed by atoms with E-state index in [0.29, 0.717) is 18.5 Å². The molecule has 0 aliphatic rings. The van der Waals surface area contributed by atoms with E-state index >= 15 is 0 Å². The highest BCUT2D eigenvalue weighted by molar-refractivity contribution is 5.79. The normalized spacial score (nSPS) is 13.4. The van der Waals surface area contributed by atoms with Crippen LogP contribution in [0.4, 0.5) is 0 Å². The number of pyridine rings is 1. The molecule has 0 radical (unpaired) electrons. The SMILES string of the molecule is CCN(CC)C(CNC(=NC)NCc1ccccn1)CC(C)C. The van der Waals surface area contributed by atoms with Gasteiger partial charge < -0.3 is 10.6 Å². The fourth-order valence-electron chi connectivity index (χ4n) is 2.76. The van der Waals surface area contributed by atoms with Gasteiger partial charge in [-0.1, -0.05) is 33.8 Å². The van der Waals surface area contributed by atoms with Crippen LogP contribution in [0.15, 0.2) is 29.4 Å². The van der Waals surface area contributed by atoms with E-state index in [-0.39, 0.29) is 0 Å². The molecule has 1 unspecified atom stereocenters. The van der Waals surface area contributed by atoms with Gasteiger partial charge in [0.25, 0.3) is 0 Å². The zero-order valence-corrected chi connectivity index (χ0v) is 15.3. The number of rotatable bonds is 9. The van der Waals surface area contributed by atoms with Crippen LogP contribution in [0.1, 0.15) is 39.8 Å². The zero-order chi connectivity index (χ0) is 17.1. The van der Waals surface area contributed by atoms with Crippen molar-refractivity contribution in [3.8, 4) is 0 Å². The summed E-state index contributed by atoms with van der Waals surface area (Å²) in [7, 11) is 1.81. The minimum Gasteiger partial charge on any atom is -0.355 e. The van der Waals surface area contributed by atoms with Gasteiger partial charge in [-0.05, 0) is 37.6 Å². The zero-order valence-electron chi connectivity index (χ0n) is 15.3. The Morgan fingerprint density at radius 3 is 2.48 bits per heavy atom. The van der Waals surface area contributed by atoms with Crippen LogP contribution in [0.2, 0.25) is 0 Å². The Bertz CT molecular complexity index is 440. The highest BCUT2D eigenvalue weighted by atomic mass is 15.2. The van der Waals surface area contributed by atoms with E-state index in [1.54, 1.807) is 0 Å². The second kappa shape index (κ2) is 11.0. The van der Waals surface area contributed by atoms with Gasteiger partial charge in [-0.15, -0.1) is 0 Å². The van der Waals surface area contributed by atoms with E-state index in [9.17, 15) is 0 Å². The van der Waals surface area contributed by atoms with Crippen molar-refractivity contribution in [3.63, 3.8) is 0 Å². The lowest BCUT2D eigenvalue weighted by Crippen LogP contribution is -2.47. The summed E-state index contributed by atoms with van der Waals surface area (Å²) < 4.78 is 0. The van der Waals surface area contributed by atoms with Crippen LogP contribution in [0.5, 0.6) is 0 Å². The number of nitrogens with one attached hydrogen (secondary N) is 2. The minimum absolute atomic E-state index is 0.526. The summed E-state index contributed by atoms with van der Waals surface area (Å²) >= 11 is 0. The third kappa shape index (κ3) is 7.46. The molecule has 0 amide bonds. The van der Waals surface area contributed by atoms with Gasteiger partial charge in [-0.3, -0.25) is 14.9 Å². The molecule has 0 spiro atoms. The van der Waals surface area contributed by atoms with Crippen LogP contribution in [-0.2, 0) is 6.54 Å². The molecule has 1 aromatic heterocycles. The van der Waals surface area contributed by atoms with Crippen molar-refractivity contribution in [2.75, 3.05) is 26.7 Å². The van der Waals surface area contributed by atoms with Crippen LogP contribution in [0.25, 0.3) is 0 Å². The molecule has 1 rings (SSSR count). The summed E-state index contributed by atoms with van der Waals surface area (Å²) in [6, 6.07) is 6.46. The lowest BCUT2D eigenvalue weighted by Gasteiger charge is -2.31. The highest BCUT2D eigenvalue weighted by Crippen LogP contribution is 2.10. The third-order valence-corrected chi connectivity index (χ3v) is 3.96. The fourth-order valence-corrected chi connectivity index (χ4v) is 2.76. The molecule has 0 aromatic carbocycles. The molecule has 0 fully saturated rings. The Labute approximate surface area is 141 Å². The molecule has 130 valence electrons. The number of likely N-dealkylation sites (N-methyl/N-ethyl adjacent to an activating group) is 1. The molecule has 0 aliphatic carbocycles. The van der Waals surface area contributed by atoms with Crippen molar-refractivity contribution in [2.45, 2.75) is 46.7 Å². The number of nitrogens with zero attached hydrogens (tertiary/aromatic N) is 3. The first-order valence-electron chi connectivity index (χ1n) is 8.69. The predicted molar refractivity (Wildman–Crippen MR) is 98.6 cm³/mol. The van der Waals surface area contributed by atoms with Crippen molar-refractivity contribution in [1.29, 1.82) is 0 Å². The fraction of sp³-hybridized carbons (Fsp3) is 0.667. The molecule has 1 heterocycles. The summed E-state index contributed by atoms with van der Waals surface area (Å²) in [6.07, 6.45) is 3.00. The van der Waals surface area contributed by atoms with Crippen LogP contribution < -0.4 is 10.6 Å². The smallest absolute Gasteiger partial charge is 0.191 e. The van der Waals surface area contributed by atoms with E-state index in [0.717, 1.165) is 31.3 Å². The molecule has 5 heteroatoms. The van der Waals surface area contributed by atoms with Crippen molar-refractivity contribution >= 4 is 5.96 Å². The van der Waals surface area contributed by atoms with Crippen molar-refractivity contribution in [2.24, 2.45) is 10.9 Å². The van der Waals surface area contributed by atoms with Crippen LogP contribution >= 0.6 is 0 Å². The third-order valence-electron chi connectivity index (χ3n) is 3.96. The summed E-state index contributed by atoms with van der Waals surface area (Å²) in [6.45, 7) is 12.8. The first-order valence-corrected chi connectivity index (χ1v) is 8.69. The van der Waals surface area contributed by atoms with Gasteiger partial charge in [0.05, 0.1) is 12.2 Å². The average Bonchev–Trinajstić information content (AvgIpc) is 2.56. The number of hydrogen-bond acceptors (Lipinski definition) is 3. The molecule has 23 heavy (non-hydrogen) atoms. The quantitative estimate of drug-likeness (QED) is 0.542. The molecule has 0 bridgehead atoms. The second-order valence-electron chi connectivity index (χ2n) is 6.13. The Hall–Kier alpha value is -1.62. The van der Waals surface area contributed by atoms with Crippen LogP contribution in [-0.4, -0.2) is 48.6 Å². The molecule has 1 aromatic rings. The van der Waals surface area contributed by atoms with E-state index < -0.39 is 0 Å². The van der Waals surface area contributed by atoms with Crippen molar-refractivity contribution in [3.05, 3.63) is 30.1 Å². The average molecular weight is 319 g/mol. The van der Waals surface area contributed by atoms with Crippen molar-refractivity contribution in [1.82, 2.24) is 20.5 Å². The van der Waals surface area contributed by atoms with E-state index in [2.05, 4.69) is 53.2 Å². The predicted octanol–water partition coefficient (Wildman–Crippen LogP) is 2.50. The maximum absolute atomic E-state index is 4.32. The first kappa shape index (κ1) is 19.4. The van der Waals surface area contributed by atoms with Crippen LogP contribution in [0.3, 0.4) is 0 Å². The molecule has 5 nitrogen and oxygen atoms in total. The van der Waals surface area contributed by atoms with Gasteiger partial charge in [-0.2, -0.15) is 0 Å². The Morgan fingerprint density at radius 2 is 1.96 bits per heavy atom. The van der Waals surface area contributed by atoms with E-state index in [4.69, 9.17) is 0 Å². The summed E-state index contributed by atoms with van der Waals surface area (Å²) in [4.78, 5) is 11.1. The van der Waals surface area contributed by atoms with Gasteiger partial charge >= 0.3 is 0 Å². The van der Waals surface area contributed by atoms with Gasteiger partial charge in [-0.25, -0.2) is 0 Å². The number of aromatic nitrogens is 1. The monoisotopic (exact) mass is 319 g/mol. The van der Waals surface area contributed by atoms with Gasteiger partial charge in [0.1, 0.15) is 0 Å². The molecule has 1 atom stereocenters. The number of hydrogen-bond donors (Lipinski definition) is 2. The van der Waals surface area contributed by atoms with E-state index in [1.807, 2.05) is 31.4 Å². The molecule has 0 saturated carbocycles. The lowest BCUT2D eigenvalue weighted by molar-refractivity contribution is 0.191. The minimum atomic E-state index is 0.526. The molecule has 2 N–H and O–H groups in total. The summed E-state index contributed by atoms with van der Waals surface area (Å²) in [5.74, 6) is 1.52. The van der Waals surface area contributed by atoms with Crippen molar-refractivity contribution < 1.29 is 0 Å². The largest absolute Gasteiger partial charge is 0.355 e. The highest BCUT2D eigenvalue weighted by Gasteiger charge is 2.17. The van der Waals surface area contributed by atoms with E-state index in [1.165, 1.54) is 6.42 Å². The summed E-state index contributed by atoms with van der Waals surface area (Å²) in [5.41, 5.74) is 1.01. The molecule has 0 aliphatic heterocycles. The van der Waals surface area contributed by atoms with Gasteiger partial charge in [0, 0.05) is 25.8 Å². The molecule has 0 saturated heterocycles. The maximum atomic E-state index is 4.32. The maximum Gasteiger partial charge on any atom is 0.191 e. The second-order valence-corrected chi connectivity index (χ2v) is 6.13. The first-order chi connectivity index (χ1) is 11.1. The molecular weight excluding hydrogens is 286 g/mol. The van der Waals surface area contributed by atoms with Gasteiger partial charge in [0.2, 0.25) is 0 Å². The molecular formula is C18H33N5. The Kier molecular flexibility index (Phi) is 9.29. The Morgan fingerprint density at radius 1 is 1.22 bits per heavy atom. The Balaban J connectivity index is 2.52. The number of aliphatic imine (C=N–C) groups is 1. The standard InChI is InChI=1S/C18H33N5/c1-6-23(7-2)17(12-15(3)4)14-22-18(19-5)21-13-16-10-8-9-11-20-16/h8-11,15,17H,6-7,12-14H2,1-5H3,(H2,19,21,22). The summed E-state index contributed by atoms with van der Waals surface area (Å²) in [5, 5.41) is 6.79. The topological polar surface area (TPSA) is 52.5 Å².